The SMILES string of the molecule is c1ccc2c(-c3ccc4c5sc6cccc7c8ccccc8c8ccccc8n(c4c3)c5c67)cccc2c1. The molecule has 0 saturated carbocycles. The van der Waals surface area contributed by atoms with E-state index in [0.717, 1.165) is 0 Å². The monoisotopic (exact) mass is 499 g/mol. The van der Waals surface area contributed by atoms with Crippen molar-refractivity contribution in [1.82, 2.24) is 4.40 Å². The number of hydrogen-bond acceptors (Lipinski definition) is 1. The number of para-hydroxylation sites is 1. The second-order valence-electron chi connectivity index (χ2n) is 10.1. The fourth-order valence-corrected chi connectivity index (χ4v) is 7.77. The van der Waals surface area contributed by atoms with E-state index in [4.69, 9.17) is 0 Å². The van der Waals surface area contributed by atoms with Crippen molar-refractivity contribution in [2.75, 3.05) is 0 Å². The number of aromatic nitrogens is 1. The summed E-state index contributed by atoms with van der Waals surface area (Å²) in [5.74, 6) is 0. The Morgan fingerprint density at radius 3 is 2.05 bits per heavy atom. The molecule has 3 aromatic heterocycles. The Kier molecular flexibility index (Phi) is 3.99. The molecule has 0 aliphatic carbocycles. The van der Waals surface area contributed by atoms with E-state index in [1.54, 1.807) is 0 Å². The van der Waals surface area contributed by atoms with Gasteiger partial charge >= 0.3 is 0 Å². The van der Waals surface area contributed by atoms with Gasteiger partial charge in [0.25, 0.3) is 0 Å². The highest BCUT2D eigenvalue weighted by atomic mass is 32.1. The predicted octanol–water partition coefficient (Wildman–Crippen LogP) is 10.6. The van der Waals surface area contributed by atoms with Crippen LogP contribution >= 0.6 is 11.3 Å². The van der Waals surface area contributed by atoms with Crippen LogP contribution in [0.1, 0.15) is 0 Å². The number of thiophene rings is 1. The minimum absolute atomic E-state index is 1.24. The average molecular weight is 500 g/mol. The van der Waals surface area contributed by atoms with Gasteiger partial charge in [-0.05, 0) is 56.3 Å². The first-order valence-electron chi connectivity index (χ1n) is 13.0. The highest BCUT2D eigenvalue weighted by Crippen LogP contribution is 2.46. The van der Waals surface area contributed by atoms with Crippen molar-refractivity contribution in [3.8, 4) is 11.1 Å². The van der Waals surface area contributed by atoms with Gasteiger partial charge < -0.3 is 4.40 Å². The third kappa shape index (κ3) is 2.60. The molecule has 0 radical (unpaired) electrons. The zero-order chi connectivity index (χ0) is 24.8. The molecule has 0 spiro atoms. The highest BCUT2D eigenvalue weighted by Gasteiger charge is 2.19. The summed E-state index contributed by atoms with van der Waals surface area (Å²) in [7, 11) is 0. The van der Waals surface area contributed by atoms with Crippen molar-refractivity contribution in [2.24, 2.45) is 0 Å². The molecule has 0 bridgehead atoms. The van der Waals surface area contributed by atoms with Crippen LogP contribution in [0.25, 0.3) is 80.2 Å². The van der Waals surface area contributed by atoms with Crippen molar-refractivity contribution in [1.29, 1.82) is 0 Å². The van der Waals surface area contributed by atoms with E-state index in [9.17, 15) is 0 Å². The van der Waals surface area contributed by atoms with E-state index < -0.39 is 0 Å². The van der Waals surface area contributed by atoms with Gasteiger partial charge in [-0.25, -0.2) is 0 Å². The lowest BCUT2D eigenvalue weighted by atomic mass is 9.98. The Labute approximate surface area is 222 Å². The van der Waals surface area contributed by atoms with Gasteiger partial charge in [-0.15, -0.1) is 11.3 Å². The molecule has 3 heterocycles. The fourth-order valence-electron chi connectivity index (χ4n) is 6.53. The van der Waals surface area contributed by atoms with E-state index in [1.807, 2.05) is 11.3 Å². The van der Waals surface area contributed by atoms with E-state index in [-0.39, 0.29) is 0 Å². The Morgan fingerprint density at radius 2 is 1.16 bits per heavy atom. The Hall–Kier alpha value is -4.66. The summed E-state index contributed by atoms with van der Waals surface area (Å²) in [4.78, 5) is 0. The van der Waals surface area contributed by atoms with E-state index in [0.29, 0.717) is 0 Å². The molecule has 6 aromatic carbocycles. The van der Waals surface area contributed by atoms with Crippen LogP contribution in [0.2, 0.25) is 0 Å². The third-order valence-electron chi connectivity index (χ3n) is 8.15. The number of hydrogen-bond donors (Lipinski definition) is 0. The van der Waals surface area contributed by atoms with Crippen LogP contribution in [-0.2, 0) is 0 Å². The Morgan fingerprint density at radius 1 is 0.474 bits per heavy atom. The van der Waals surface area contributed by atoms with Gasteiger partial charge in [0.15, 0.2) is 0 Å². The summed E-state index contributed by atoms with van der Waals surface area (Å²) in [6.45, 7) is 0. The first-order valence-corrected chi connectivity index (χ1v) is 13.9. The molecule has 38 heavy (non-hydrogen) atoms. The molecule has 0 fully saturated rings. The van der Waals surface area contributed by atoms with E-state index >= 15 is 0 Å². The van der Waals surface area contributed by atoms with Crippen molar-refractivity contribution >= 4 is 80.4 Å². The van der Waals surface area contributed by atoms with Gasteiger partial charge in [0.05, 0.1) is 21.3 Å². The van der Waals surface area contributed by atoms with Gasteiger partial charge in [-0.3, -0.25) is 0 Å². The molecule has 0 atom stereocenters. The summed E-state index contributed by atoms with van der Waals surface area (Å²) in [6.07, 6.45) is 0. The predicted molar refractivity (Wildman–Crippen MR) is 166 cm³/mol. The normalized spacial score (nSPS) is 12.2. The van der Waals surface area contributed by atoms with Gasteiger partial charge in [0.1, 0.15) is 0 Å². The summed E-state index contributed by atoms with van der Waals surface area (Å²) >= 11 is 1.92. The summed E-state index contributed by atoms with van der Waals surface area (Å²) in [5.41, 5.74) is 6.36. The largest absolute Gasteiger partial charge is 0.307 e. The second kappa shape index (κ2) is 7.44. The topological polar surface area (TPSA) is 4.41 Å². The quantitative estimate of drug-likeness (QED) is 0.212. The van der Waals surface area contributed by atoms with Crippen LogP contribution < -0.4 is 0 Å². The minimum atomic E-state index is 1.24. The van der Waals surface area contributed by atoms with Crippen molar-refractivity contribution in [2.45, 2.75) is 0 Å². The molecule has 176 valence electrons. The number of benzene rings is 6. The summed E-state index contributed by atoms with van der Waals surface area (Å²) < 4.78 is 5.24. The van der Waals surface area contributed by atoms with Crippen LogP contribution in [-0.4, -0.2) is 4.40 Å². The molecule has 9 rings (SSSR count). The van der Waals surface area contributed by atoms with Crippen LogP contribution in [0, 0.1) is 0 Å². The van der Waals surface area contributed by atoms with E-state index in [1.165, 1.54) is 80.2 Å². The van der Waals surface area contributed by atoms with Gasteiger partial charge in [0.2, 0.25) is 0 Å². The highest BCUT2D eigenvalue weighted by molar-refractivity contribution is 7.27. The average Bonchev–Trinajstić information content (AvgIpc) is 3.50. The maximum Gasteiger partial charge on any atom is 0.0734 e. The zero-order valence-corrected chi connectivity index (χ0v) is 21.3. The molecular weight excluding hydrogens is 478 g/mol. The molecule has 0 unspecified atom stereocenters. The molecular formula is C36H21NS. The molecule has 1 nitrogen and oxygen atoms in total. The lowest BCUT2D eigenvalue weighted by Crippen LogP contribution is -1.89. The Balaban J connectivity index is 1.56. The number of rotatable bonds is 1. The molecule has 0 saturated heterocycles. The van der Waals surface area contributed by atoms with Crippen molar-refractivity contribution in [3.05, 3.63) is 127 Å². The molecule has 2 heteroatoms. The smallest absolute Gasteiger partial charge is 0.0734 e. The Bertz CT molecular complexity index is 2400. The number of fused-ring (bicyclic) bond motifs is 9. The van der Waals surface area contributed by atoms with Crippen LogP contribution in [0.3, 0.4) is 0 Å². The van der Waals surface area contributed by atoms with Gasteiger partial charge in [0, 0.05) is 20.9 Å². The lowest BCUT2D eigenvalue weighted by molar-refractivity contribution is 1.36. The maximum atomic E-state index is 2.53. The summed E-state index contributed by atoms with van der Waals surface area (Å²) in [5, 5.41) is 10.4. The minimum Gasteiger partial charge on any atom is -0.307 e. The lowest BCUT2D eigenvalue weighted by Gasteiger charge is -2.10. The zero-order valence-electron chi connectivity index (χ0n) is 20.5. The molecule has 0 amide bonds. The molecule has 9 aromatic rings. The van der Waals surface area contributed by atoms with Crippen molar-refractivity contribution < 1.29 is 0 Å². The van der Waals surface area contributed by atoms with Gasteiger partial charge in [-0.2, -0.15) is 0 Å². The third-order valence-corrected chi connectivity index (χ3v) is 9.33. The molecule has 0 N–H and O–H groups in total. The standard InChI is InChI=1S/C36H21NS/c1-2-11-24-22(9-1)10-7-15-25(24)23-19-20-30-32(21-23)37-31-17-6-5-14-28(31)26-12-3-4-13-27(26)29-16-8-18-33-34(29)35(37)36(30)38-33/h1-21H. The first kappa shape index (κ1) is 20.4. The number of nitrogens with zero attached hydrogens (tertiary/aromatic N) is 1. The van der Waals surface area contributed by atoms with Gasteiger partial charge in [-0.1, -0.05) is 109 Å². The maximum absolute atomic E-state index is 2.53. The summed E-state index contributed by atoms with van der Waals surface area (Å²) in [6, 6.07) is 46.9. The van der Waals surface area contributed by atoms with Crippen LogP contribution in [0.4, 0.5) is 0 Å². The molecule has 0 aliphatic heterocycles. The fraction of sp³-hybridized carbons (Fsp3) is 0. The van der Waals surface area contributed by atoms with Crippen molar-refractivity contribution in [3.63, 3.8) is 0 Å². The second-order valence-corrected chi connectivity index (χ2v) is 11.2. The van der Waals surface area contributed by atoms with Crippen LogP contribution in [0.15, 0.2) is 127 Å². The van der Waals surface area contributed by atoms with Crippen LogP contribution in [0.5, 0.6) is 0 Å². The van der Waals surface area contributed by atoms with E-state index in [2.05, 4.69) is 132 Å². The molecule has 0 aliphatic rings. The first-order chi connectivity index (χ1) is 18.9.